The highest BCUT2D eigenvalue weighted by Gasteiger charge is 2.13. The molecule has 3 nitrogen and oxygen atoms in total. The summed E-state index contributed by atoms with van der Waals surface area (Å²) in [6.07, 6.45) is 1.23. The zero-order valence-corrected chi connectivity index (χ0v) is 14.4. The van der Waals surface area contributed by atoms with Crippen molar-refractivity contribution in [1.29, 1.82) is 0 Å². The van der Waals surface area contributed by atoms with Crippen molar-refractivity contribution in [2.24, 2.45) is 0 Å². The van der Waals surface area contributed by atoms with Crippen molar-refractivity contribution in [3.63, 3.8) is 0 Å². The number of benzene rings is 2. The van der Waals surface area contributed by atoms with Gasteiger partial charge >= 0.3 is 0 Å². The van der Waals surface area contributed by atoms with Crippen LogP contribution in [0.15, 0.2) is 53.4 Å². The molecule has 0 spiro atoms. The molecule has 4 heteroatoms. The van der Waals surface area contributed by atoms with Crippen molar-refractivity contribution in [3.05, 3.63) is 65.2 Å². The normalized spacial score (nSPS) is 13.3. The number of nitrogens with zero attached hydrogens (tertiary/aromatic N) is 1. The van der Waals surface area contributed by atoms with Gasteiger partial charge in [-0.05, 0) is 44.2 Å². The minimum Gasteiger partial charge on any atom is -0.295 e. The van der Waals surface area contributed by atoms with Gasteiger partial charge in [0.1, 0.15) is 0 Å². The topological polar surface area (TPSA) is 37.4 Å². The second-order valence-electron chi connectivity index (χ2n) is 5.92. The van der Waals surface area contributed by atoms with E-state index >= 15 is 0 Å². The molecule has 0 radical (unpaired) electrons. The number of rotatable bonds is 5. The molecular formula is C18H23NO2S. The molecule has 0 amide bonds. The van der Waals surface area contributed by atoms with Gasteiger partial charge in [0.2, 0.25) is 0 Å². The van der Waals surface area contributed by atoms with Gasteiger partial charge in [-0.1, -0.05) is 42.0 Å². The van der Waals surface area contributed by atoms with Gasteiger partial charge in [0.15, 0.2) is 9.84 Å². The van der Waals surface area contributed by atoms with Gasteiger partial charge in [0.25, 0.3) is 0 Å². The molecule has 1 atom stereocenters. The summed E-state index contributed by atoms with van der Waals surface area (Å²) in [4.78, 5) is 2.62. The highest BCUT2D eigenvalue weighted by Crippen LogP contribution is 2.22. The van der Waals surface area contributed by atoms with E-state index in [4.69, 9.17) is 0 Å². The zero-order chi connectivity index (χ0) is 16.3. The van der Waals surface area contributed by atoms with Gasteiger partial charge in [0, 0.05) is 18.8 Å². The molecular weight excluding hydrogens is 294 g/mol. The van der Waals surface area contributed by atoms with Crippen LogP contribution in [0.3, 0.4) is 0 Å². The Morgan fingerprint density at radius 3 is 2.05 bits per heavy atom. The molecule has 0 fully saturated rings. The van der Waals surface area contributed by atoms with Gasteiger partial charge < -0.3 is 0 Å². The van der Waals surface area contributed by atoms with Gasteiger partial charge in [-0.2, -0.15) is 0 Å². The van der Waals surface area contributed by atoms with E-state index in [-0.39, 0.29) is 6.04 Å². The highest BCUT2D eigenvalue weighted by molar-refractivity contribution is 7.90. The van der Waals surface area contributed by atoms with Crippen LogP contribution < -0.4 is 0 Å². The Balaban J connectivity index is 2.10. The fraction of sp³-hybridized carbons (Fsp3) is 0.333. The molecule has 2 rings (SSSR count). The second-order valence-corrected chi connectivity index (χ2v) is 7.93. The third-order valence-electron chi connectivity index (χ3n) is 4.00. The molecule has 0 aliphatic heterocycles. The Hall–Kier alpha value is -1.65. The molecule has 0 unspecified atom stereocenters. The van der Waals surface area contributed by atoms with Crippen LogP contribution in [0.4, 0.5) is 0 Å². The summed E-state index contributed by atoms with van der Waals surface area (Å²) in [5, 5.41) is 0. The Morgan fingerprint density at radius 2 is 1.55 bits per heavy atom. The summed E-state index contributed by atoms with van der Waals surface area (Å²) in [7, 11) is -1.05. The van der Waals surface area contributed by atoms with Crippen LogP contribution in [-0.4, -0.2) is 26.6 Å². The van der Waals surface area contributed by atoms with E-state index in [1.807, 2.05) is 12.1 Å². The number of hydrogen-bond acceptors (Lipinski definition) is 3. The smallest absolute Gasteiger partial charge is 0.175 e. The molecule has 2 aromatic rings. The lowest BCUT2D eigenvalue weighted by Gasteiger charge is -2.25. The zero-order valence-electron chi connectivity index (χ0n) is 13.6. The van der Waals surface area contributed by atoms with Crippen LogP contribution in [0.25, 0.3) is 0 Å². The van der Waals surface area contributed by atoms with Gasteiger partial charge in [-0.15, -0.1) is 0 Å². The number of hydrogen-bond donors (Lipinski definition) is 0. The minimum absolute atomic E-state index is 0.218. The molecule has 0 N–H and O–H groups in total. The van der Waals surface area contributed by atoms with Crippen molar-refractivity contribution in [3.8, 4) is 0 Å². The summed E-state index contributed by atoms with van der Waals surface area (Å²) >= 11 is 0. The van der Waals surface area contributed by atoms with Gasteiger partial charge in [0.05, 0.1) is 4.90 Å². The van der Waals surface area contributed by atoms with E-state index in [1.54, 1.807) is 12.1 Å². The van der Waals surface area contributed by atoms with Gasteiger partial charge in [-0.25, -0.2) is 8.42 Å². The maximum atomic E-state index is 11.5. The lowest BCUT2D eigenvalue weighted by Crippen LogP contribution is -2.21. The predicted octanol–water partition coefficient (Wildman–Crippen LogP) is 3.59. The average molecular weight is 317 g/mol. The van der Waals surface area contributed by atoms with E-state index in [9.17, 15) is 8.42 Å². The highest BCUT2D eigenvalue weighted by atomic mass is 32.2. The van der Waals surface area contributed by atoms with Gasteiger partial charge in [-0.3, -0.25) is 4.90 Å². The average Bonchev–Trinajstić information content (AvgIpc) is 2.48. The van der Waals surface area contributed by atoms with Crippen molar-refractivity contribution in [2.45, 2.75) is 31.3 Å². The van der Waals surface area contributed by atoms with Crippen molar-refractivity contribution >= 4 is 9.84 Å². The van der Waals surface area contributed by atoms with E-state index in [0.29, 0.717) is 4.90 Å². The van der Waals surface area contributed by atoms with Crippen LogP contribution in [0.1, 0.15) is 29.7 Å². The van der Waals surface area contributed by atoms with Crippen LogP contribution in [0.5, 0.6) is 0 Å². The fourth-order valence-electron chi connectivity index (χ4n) is 2.37. The van der Waals surface area contributed by atoms with Crippen LogP contribution >= 0.6 is 0 Å². The lowest BCUT2D eigenvalue weighted by atomic mass is 10.1. The molecule has 0 bridgehead atoms. The molecule has 22 heavy (non-hydrogen) atoms. The van der Waals surface area contributed by atoms with Crippen LogP contribution in [0.2, 0.25) is 0 Å². The first-order valence-electron chi connectivity index (χ1n) is 7.33. The van der Waals surface area contributed by atoms with Crippen molar-refractivity contribution < 1.29 is 8.42 Å². The SMILES string of the molecule is Cc1ccc(CN(C)[C@@H](C)c2ccc(S(C)(=O)=O)cc2)cc1. The predicted molar refractivity (Wildman–Crippen MR) is 90.6 cm³/mol. The molecule has 2 aromatic carbocycles. The second kappa shape index (κ2) is 6.63. The lowest BCUT2D eigenvalue weighted by molar-refractivity contribution is 0.253. The van der Waals surface area contributed by atoms with Crippen molar-refractivity contribution in [1.82, 2.24) is 4.90 Å². The van der Waals surface area contributed by atoms with E-state index in [0.717, 1.165) is 12.1 Å². The molecule has 0 heterocycles. The number of aryl methyl sites for hydroxylation is 1. The Labute approximate surface area is 133 Å². The number of sulfone groups is 1. The molecule has 0 saturated heterocycles. The maximum Gasteiger partial charge on any atom is 0.175 e. The first kappa shape index (κ1) is 16.7. The first-order valence-corrected chi connectivity index (χ1v) is 9.22. The summed E-state index contributed by atoms with van der Waals surface area (Å²) in [5.74, 6) is 0. The summed E-state index contributed by atoms with van der Waals surface area (Å²) < 4.78 is 23.0. The molecule has 0 aromatic heterocycles. The van der Waals surface area contributed by atoms with Crippen LogP contribution in [0, 0.1) is 6.92 Å². The van der Waals surface area contributed by atoms with Crippen molar-refractivity contribution in [2.75, 3.05) is 13.3 Å². The van der Waals surface area contributed by atoms with Crippen LogP contribution in [-0.2, 0) is 16.4 Å². The van der Waals surface area contributed by atoms with E-state index in [2.05, 4.69) is 50.1 Å². The monoisotopic (exact) mass is 317 g/mol. The summed E-state index contributed by atoms with van der Waals surface area (Å²) in [5.41, 5.74) is 3.64. The first-order chi connectivity index (χ1) is 10.3. The minimum atomic E-state index is -3.13. The fourth-order valence-corrected chi connectivity index (χ4v) is 3.00. The molecule has 0 aliphatic rings. The summed E-state index contributed by atoms with van der Waals surface area (Å²) in [6, 6.07) is 15.9. The Morgan fingerprint density at radius 1 is 1.00 bits per heavy atom. The maximum absolute atomic E-state index is 11.5. The molecule has 118 valence electrons. The Bertz CT molecular complexity index is 719. The molecule has 0 aliphatic carbocycles. The van der Waals surface area contributed by atoms with E-state index in [1.165, 1.54) is 17.4 Å². The largest absolute Gasteiger partial charge is 0.295 e. The Kier molecular flexibility index (Phi) is 5.04. The third kappa shape index (κ3) is 4.18. The molecule has 0 saturated carbocycles. The van der Waals surface area contributed by atoms with E-state index < -0.39 is 9.84 Å². The quantitative estimate of drug-likeness (QED) is 0.845. The third-order valence-corrected chi connectivity index (χ3v) is 5.13. The standard InChI is InChI=1S/C18H23NO2S/c1-14-5-7-16(8-6-14)13-19(3)15(2)17-9-11-18(12-10-17)22(4,20)21/h5-12,15H,13H2,1-4H3/t15-/m0/s1. The summed E-state index contributed by atoms with van der Waals surface area (Å²) in [6.45, 7) is 5.07.